The maximum atomic E-state index is 5.12. The number of rotatable bonds is 5. The Morgan fingerprint density at radius 1 is 1.50 bits per heavy atom. The van der Waals surface area contributed by atoms with Crippen molar-refractivity contribution in [1.29, 1.82) is 0 Å². The van der Waals surface area contributed by atoms with Crippen molar-refractivity contribution in [2.24, 2.45) is 5.92 Å². The van der Waals surface area contributed by atoms with Crippen LogP contribution in [0.25, 0.3) is 0 Å². The molecule has 1 fully saturated rings. The Kier molecular flexibility index (Phi) is 3.27. The summed E-state index contributed by atoms with van der Waals surface area (Å²) in [6.07, 6.45) is 3.79. The maximum absolute atomic E-state index is 5.12. The highest BCUT2D eigenvalue weighted by molar-refractivity contribution is 5.33. The van der Waals surface area contributed by atoms with Gasteiger partial charge < -0.3 is 10.1 Å². The van der Waals surface area contributed by atoms with Crippen molar-refractivity contribution in [3.63, 3.8) is 0 Å². The van der Waals surface area contributed by atoms with E-state index in [1.165, 1.54) is 19.3 Å². The summed E-state index contributed by atoms with van der Waals surface area (Å²) in [5.41, 5.74) is 0.932. The van der Waals surface area contributed by atoms with Gasteiger partial charge in [0.15, 0.2) is 0 Å². The van der Waals surface area contributed by atoms with Crippen molar-refractivity contribution in [2.45, 2.75) is 39.2 Å². The summed E-state index contributed by atoms with van der Waals surface area (Å²) in [5, 5.41) is 3.36. The summed E-state index contributed by atoms with van der Waals surface area (Å²) in [5.74, 6) is 2.13. The van der Waals surface area contributed by atoms with Crippen LogP contribution >= 0.6 is 0 Å². The minimum absolute atomic E-state index is 0.562. The Balaban J connectivity index is 1.97. The van der Waals surface area contributed by atoms with Crippen molar-refractivity contribution >= 4 is 5.95 Å². The number of nitrogens with zero attached hydrogens (tertiary/aromatic N) is 2. The summed E-state index contributed by atoms with van der Waals surface area (Å²) >= 11 is 0. The van der Waals surface area contributed by atoms with Gasteiger partial charge in [0.1, 0.15) is 0 Å². The fraction of sp³-hybridized carbons (Fsp3) is 0.667. The van der Waals surface area contributed by atoms with E-state index in [0.29, 0.717) is 17.9 Å². The number of nitrogens with one attached hydrogen (secondary N) is 1. The lowest BCUT2D eigenvalue weighted by atomic mass is 10.2. The van der Waals surface area contributed by atoms with Crippen LogP contribution in [0.4, 0.5) is 5.95 Å². The molecule has 2 unspecified atom stereocenters. The van der Waals surface area contributed by atoms with E-state index < -0.39 is 0 Å². The Bertz CT molecular complexity index is 367. The van der Waals surface area contributed by atoms with Crippen molar-refractivity contribution in [3.8, 4) is 5.88 Å². The Labute approximate surface area is 96.4 Å². The molecular weight excluding hydrogens is 202 g/mol. The zero-order chi connectivity index (χ0) is 11.5. The first kappa shape index (κ1) is 11.2. The molecule has 1 heterocycles. The van der Waals surface area contributed by atoms with Gasteiger partial charge in [-0.15, -0.1) is 0 Å². The second-order valence-electron chi connectivity index (χ2n) is 4.41. The van der Waals surface area contributed by atoms with Gasteiger partial charge in [0.05, 0.1) is 7.11 Å². The number of anilines is 1. The first-order valence-corrected chi connectivity index (χ1v) is 5.89. The Morgan fingerprint density at radius 3 is 3.00 bits per heavy atom. The van der Waals surface area contributed by atoms with Gasteiger partial charge in [0, 0.05) is 17.8 Å². The first-order chi connectivity index (χ1) is 7.72. The van der Waals surface area contributed by atoms with E-state index in [0.717, 1.165) is 11.6 Å². The van der Waals surface area contributed by atoms with E-state index in [1.54, 1.807) is 7.11 Å². The summed E-state index contributed by atoms with van der Waals surface area (Å²) in [4.78, 5) is 8.64. The van der Waals surface area contributed by atoms with Crippen molar-refractivity contribution in [2.75, 3.05) is 12.4 Å². The third-order valence-electron chi connectivity index (χ3n) is 2.94. The second-order valence-corrected chi connectivity index (χ2v) is 4.41. The molecular formula is C12H19N3O. The van der Waals surface area contributed by atoms with E-state index in [1.807, 2.05) is 13.0 Å². The van der Waals surface area contributed by atoms with Crippen LogP contribution in [-0.2, 0) is 0 Å². The van der Waals surface area contributed by atoms with Crippen LogP contribution in [0.15, 0.2) is 6.07 Å². The Hall–Kier alpha value is -1.32. The molecule has 0 radical (unpaired) electrons. The topological polar surface area (TPSA) is 47.0 Å². The van der Waals surface area contributed by atoms with Gasteiger partial charge in [-0.1, -0.05) is 13.3 Å². The Morgan fingerprint density at radius 2 is 2.31 bits per heavy atom. The zero-order valence-electron chi connectivity index (χ0n) is 10.2. The quantitative estimate of drug-likeness (QED) is 0.829. The minimum atomic E-state index is 0.562. The predicted molar refractivity (Wildman–Crippen MR) is 63.7 cm³/mol. The smallest absolute Gasteiger partial charge is 0.226 e. The molecule has 1 saturated carbocycles. The number of methoxy groups -OCH3 is 1. The fourth-order valence-electron chi connectivity index (χ4n) is 1.99. The minimum Gasteiger partial charge on any atom is -0.481 e. The molecule has 4 nitrogen and oxygen atoms in total. The molecule has 1 aromatic heterocycles. The van der Waals surface area contributed by atoms with Crippen LogP contribution in [0, 0.1) is 12.8 Å². The molecule has 1 aromatic rings. The normalized spacial score (nSPS) is 22.9. The van der Waals surface area contributed by atoms with Crippen LogP contribution in [0.5, 0.6) is 5.88 Å². The average Bonchev–Trinajstić information content (AvgIpc) is 2.96. The molecule has 88 valence electrons. The first-order valence-electron chi connectivity index (χ1n) is 5.89. The molecule has 4 heteroatoms. The van der Waals surface area contributed by atoms with Gasteiger partial charge in [-0.2, -0.15) is 4.98 Å². The van der Waals surface area contributed by atoms with Crippen LogP contribution < -0.4 is 10.1 Å². The molecule has 0 amide bonds. The summed E-state index contributed by atoms with van der Waals surface area (Å²) in [7, 11) is 1.63. The van der Waals surface area contributed by atoms with Crippen molar-refractivity contribution in [3.05, 3.63) is 11.8 Å². The third kappa shape index (κ3) is 2.62. The number of hydrogen-bond donors (Lipinski definition) is 1. The molecule has 2 rings (SSSR count). The molecule has 0 aliphatic heterocycles. The number of hydrogen-bond acceptors (Lipinski definition) is 4. The molecule has 1 aliphatic carbocycles. The standard InChI is InChI=1S/C12H19N3O/c1-4-5-9-7-10(9)14-12-13-8(2)6-11(15-12)16-3/h6,9-10H,4-5,7H2,1-3H3,(H,13,14,15). The average molecular weight is 221 g/mol. The molecule has 1 N–H and O–H groups in total. The molecule has 0 spiro atoms. The van der Waals surface area contributed by atoms with Crippen LogP contribution in [-0.4, -0.2) is 23.1 Å². The van der Waals surface area contributed by atoms with E-state index in [2.05, 4.69) is 22.2 Å². The highest BCUT2D eigenvalue weighted by atomic mass is 16.5. The summed E-state index contributed by atoms with van der Waals surface area (Å²) in [6, 6.07) is 2.40. The predicted octanol–water partition coefficient (Wildman–Crippen LogP) is 2.39. The molecule has 1 aliphatic rings. The van der Waals surface area contributed by atoms with E-state index >= 15 is 0 Å². The lowest BCUT2D eigenvalue weighted by Crippen LogP contribution is -2.09. The third-order valence-corrected chi connectivity index (χ3v) is 2.94. The van der Waals surface area contributed by atoms with Crippen molar-refractivity contribution < 1.29 is 4.74 Å². The van der Waals surface area contributed by atoms with Gasteiger partial charge in [-0.3, -0.25) is 0 Å². The lowest BCUT2D eigenvalue weighted by molar-refractivity contribution is 0.397. The molecule has 16 heavy (non-hydrogen) atoms. The SMILES string of the molecule is CCCC1CC1Nc1nc(C)cc(OC)n1. The van der Waals surface area contributed by atoms with E-state index in [-0.39, 0.29) is 0 Å². The lowest BCUT2D eigenvalue weighted by Gasteiger charge is -2.06. The van der Waals surface area contributed by atoms with Gasteiger partial charge in [-0.05, 0) is 25.7 Å². The van der Waals surface area contributed by atoms with Crippen LogP contribution in [0.2, 0.25) is 0 Å². The van der Waals surface area contributed by atoms with E-state index in [9.17, 15) is 0 Å². The van der Waals surface area contributed by atoms with Crippen LogP contribution in [0.3, 0.4) is 0 Å². The van der Waals surface area contributed by atoms with Gasteiger partial charge in [0.25, 0.3) is 0 Å². The fourth-order valence-corrected chi connectivity index (χ4v) is 1.99. The summed E-state index contributed by atoms with van der Waals surface area (Å²) < 4.78 is 5.12. The summed E-state index contributed by atoms with van der Waals surface area (Å²) in [6.45, 7) is 4.17. The van der Waals surface area contributed by atoms with Gasteiger partial charge >= 0.3 is 0 Å². The molecule has 0 saturated heterocycles. The van der Waals surface area contributed by atoms with Gasteiger partial charge in [-0.25, -0.2) is 4.98 Å². The largest absolute Gasteiger partial charge is 0.481 e. The number of aromatic nitrogens is 2. The highest BCUT2D eigenvalue weighted by Gasteiger charge is 2.36. The zero-order valence-corrected chi connectivity index (χ0v) is 10.2. The molecule has 0 bridgehead atoms. The monoisotopic (exact) mass is 221 g/mol. The van der Waals surface area contributed by atoms with Crippen molar-refractivity contribution in [1.82, 2.24) is 9.97 Å². The molecule has 2 atom stereocenters. The highest BCUT2D eigenvalue weighted by Crippen LogP contribution is 2.36. The maximum Gasteiger partial charge on any atom is 0.226 e. The number of aryl methyl sites for hydroxylation is 1. The van der Waals surface area contributed by atoms with Gasteiger partial charge in [0.2, 0.25) is 11.8 Å². The second kappa shape index (κ2) is 4.68. The molecule has 0 aromatic carbocycles. The number of ether oxygens (including phenoxy) is 1. The van der Waals surface area contributed by atoms with Crippen LogP contribution in [0.1, 0.15) is 31.9 Å². The van der Waals surface area contributed by atoms with E-state index in [4.69, 9.17) is 4.74 Å².